The van der Waals surface area contributed by atoms with Gasteiger partial charge in [-0.1, -0.05) is 42.5 Å². The summed E-state index contributed by atoms with van der Waals surface area (Å²) in [6.07, 6.45) is 8.04. The van der Waals surface area contributed by atoms with Crippen LogP contribution in [0, 0.1) is 5.92 Å². The van der Waals surface area contributed by atoms with Crippen LogP contribution in [-0.4, -0.2) is 11.6 Å². The predicted molar refractivity (Wildman–Crippen MR) is 93.9 cm³/mol. The summed E-state index contributed by atoms with van der Waals surface area (Å²) < 4.78 is 0. The van der Waals surface area contributed by atoms with Gasteiger partial charge in [-0.25, -0.2) is 0 Å². The Morgan fingerprint density at radius 2 is 2.04 bits per heavy atom. The standard InChI is InChI=1S/C20H23NS.BrH/c1-20-10-9-17(21-20)12-15(14-20)13-18(19-8-5-11-22-19)16-6-3-2-4-7-16;/h2-8,11,13,15,17,21H,9-10,12,14H2,1H3;1H. The third-order valence-corrected chi connectivity index (χ3v) is 6.24. The Balaban J connectivity index is 0.00000156. The van der Waals surface area contributed by atoms with Gasteiger partial charge in [0.05, 0.1) is 11.6 Å². The lowest BCUT2D eigenvalue weighted by Gasteiger charge is -2.32. The average Bonchev–Trinajstić information content (AvgIpc) is 3.14. The fourth-order valence-corrected chi connectivity index (χ4v) is 5.18. The molecule has 0 amide bonds. The number of quaternary nitrogens is 1. The van der Waals surface area contributed by atoms with Crippen molar-refractivity contribution in [2.24, 2.45) is 5.92 Å². The first-order valence-electron chi connectivity index (χ1n) is 8.39. The molecule has 3 heterocycles. The SMILES string of the molecule is CC12CCC(CC(C=C(c3ccccc3)c3cccs3)C1)[NH2+]2.[Br-]. The molecule has 3 atom stereocenters. The highest BCUT2D eigenvalue weighted by Gasteiger charge is 2.45. The van der Waals surface area contributed by atoms with Gasteiger partial charge < -0.3 is 22.3 Å². The van der Waals surface area contributed by atoms with Crippen LogP contribution >= 0.6 is 11.3 Å². The highest BCUT2D eigenvalue weighted by Crippen LogP contribution is 2.37. The molecule has 0 radical (unpaired) electrons. The van der Waals surface area contributed by atoms with Crippen LogP contribution in [0.5, 0.6) is 0 Å². The first-order valence-corrected chi connectivity index (χ1v) is 9.27. The zero-order valence-electron chi connectivity index (χ0n) is 13.5. The van der Waals surface area contributed by atoms with Crippen molar-refractivity contribution in [2.45, 2.75) is 44.2 Å². The van der Waals surface area contributed by atoms with E-state index >= 15 is 0 Å². The zero-order chi connectivity index (χ0) is 15.0. The van der Waals surface area contributed by atoms with Gasteiger partial charge in [-0.15, -0.1) is 11.3 Å². The Labute approximate surface area is 153 Å². The van der Waals surface area contributed by atoms with Gasteiger partial charge in [-0.2, -0.15) is 0 Å². The number of hydrogen-bond donors (Lipinski definition) is 1. The van der Waals surface area contributed by atoms with E-state index in [9.17, 15) is 0 Å². The summed E-state index contributed by atoms with van der Waals surface area (Å²) in [7, 11) is 0. The fraction of sp³-hybridized carbons (Fsp3) is 0.400. The third-order valence-electron chi connectivity index (χ3n) is 5.33. The van der Waals surface area contributed by atoms with Crippen LogP contribution in [0.3, 0.4) is 0 Å². The zero-order valence-corrected chi connectivity index (χ0v) is 15.9. The van der Waals surface area contributed by atoms with E-state index in [1.807, 2.05) is 11.3 Å². The van der Waals surface area contributed by atoms with Crippen LogP contribution in [-0.2, 0) is 0 Å². The fourth-order valence-electron chi connectivity index (χ4n) is 4.41. The van der Waals surface area contributed by atoms with Crippen molar-refractivity contribution >= 4 is 16.9 Å². The molecule has 0 saturated carbocycles. The second-order valence-electron chi connectivity index (χ2n) is 7.24. The quantitative estimate of drug-likeness (QED) is 0.808. The Hall–Kier alpha value is -0.900. The molecule has 2 aliphatic rings. The van der Waals surface area contributed by atoms with Crippen LogP contribution < -0.4 is 22.3 Å². The van der Waals surface area contributed by atoms with Crippen LogP contribution in [0.4, 0.5) is 0 Å². The van der Waals surface area contributed by atoms with Crippen molar-refractivity contribution in [1.82, 2.24) is 0 Å². The molecule has 1 aromatic heterocycles. The van der Waals surface area contributed by atoms with Gasteiger partial charge in [0.1, 0.15) is 0 Å². The van der Waals surface area contributed by atoms with Crippen molar-refractivity contribution < 1.29 is 22.3 Å². The Kier molecular flexibility index (Phi) is 5.10. The van der Waals surface area contributed by atoms with E-state index in [2.05, 4.69) is 66.2 Å². The number of nitrogens with two attached hydrogens (primary N) is 1. The summed E-state index contributed by atoms with van der Waals surface area (Å²) in [6, 6.07) is 16.2. The van der Waals surface area contributed by atoms with Crippen LogP contribution in [0.1, 0.15) is 43.0 Å². The number of fused-ring (bicyclic) bond motifs is 2. The molecule has 1 nitrogen and oxygen atoms in total. The van der Waals surface area contributed by atoms with E-state index in [4.69, 9.17) is 0 Å². The van der Waals surface area contributed by atoms with E-state index in [-0.39, 0.29) is 17.0 Å². The highest BCUT2D eigenvalue weighted by atomic mass is 79.9. The number of hydrogen-bond acceptors (Lipinski definition) is 1. The molecular weight excluding hydrogens is 366 g/mol. The summed E-state index contributed by atoms with van der Waals surface area (Å²) >= 11 is 1.85. The van der Waals surface area contributed by atoms with Gasteiger partial charge in [-0.05, 0) is 35.4 Å². The summed E-state index contributed by atoms with van der Waals surface area (Å²) in [5, 5.41) is 4.83. The minimum atomic E-state index is 0. The number of benzene rings is 1. The first kappa shape index (κ1) is 16.9. The maximum absolute atomic E-state index is 2.64. The van der Waals surface area contributed by atoms with Gasteiger partial charge in [0.2, 0.25) is 0 Å². The molecule has 2 N–H and O–H groups in total. The van der Waals surface area contributed by atoms with E-state index in [0.717, 1.165) is 12.0 Å². The van der Waals surface area contributed by atoms with E-state index < -0.39 is 0 Å². The maximum Gasteiger partial charge on any atom is 0.0943 e. The second kappa shape index (κ2) is 6.92. The van der Waals surface area contributed by atoms with Crippen LogP contribution in [0.15, 0.2) is 53.9 Å². The molecule has 3 unspecified atom stereocenters. The summed E-state index contributed by atoms with van der Waals surface area (Å²) in [5.74, 6) is 0.722. The molecule has 1 aromatic carbocycles. The topological polar surface area (TPSA) is 16.6 Å². The van der Waals surface area contributed by atoms with Gasteiger partial charge >= 0.3 is 0 Å². The normalized spacial score (nSPS) is 30.0. The minimum Gasteiger partial charge on any atom is -1.00 e. The predicted octanol–water partition coefficient (Wildman–Crippen LogP) is 1.08. The number of piperidine rings is 1. The Morgan fingerprint density at radius 3 is 2.74 bits per heavy atom. The lowest BCUT2D eigenvalue weighted by atomic mass is 9.83. The third kappa shape index (κ3) is 3.62. The highest BCUT2D eigenvalue weighted by molar-refractivity contribution is 7.11. The van der Waals surface area contributed by atoms with Crippen molar-refractivity contribution in [3.05, 3.63) is 64.4 Å². The first-order chi connectivity index (χ1) is 10.7. The molecule has 4 rings (SSSR count). The number of rotatable bonds is 3. The molecule has 122 valence electrons. The van der Waals surface area contributed by atoms with Gasteiger partial charge in [0.15, 0.2) is 0 Å². The maximum atomic E-state index is 2.64. The molecule has 0 aliphatic carbocycles. The largest absolute Gasteiger partial charge is 1.00 e. The minimum absolute atomic E-state index is 0. The van der Waals surface area contributed by atoms with Gasteiger partial charge in [-0.3, -0.25) is 0 Å². The van der Waals surface area contributed by atoms with E-state index in [0.29, 0.717) is 5.54 Å². The monoisotopic (exact) mass is 389 g/mol. The van der Waals surface area contributed by atoms with Crippen LogP contribution in [0.25, 0.3) is 5.57 Å². The molecule has 2 fully saturated rings. The molecule has 2 bridgehead atoms. The summed E-state index contributed by atoms with van der Waals surface area (Å²) in [6.45, 7) is 2.46. The average molecular weight is 390 g/mol. The number of thiophene rings is 1. The lowest BCUT2D eigenvalue weighted by molar-refractivity contribution is -0.743. The van der Waals surface area contributed by atoms with Crippen molar-refractivity contribution in [3.8, 4) is 0 Å². The van der Waals surface area contributed by atoms with Gasteiger partial charge in [0.25, 0.3) is 0 Å². The summed E-state index contributed by atoms with van der Waals surface area (Å²) in [5.41, 5.74) is 3.28. The van der Waals surface area contributed by atoms with Crippen molar-refractivity contribution in [3.63, 3.8) is 0 Å². The Morgan fingerprint density at radius 1 is 1.22 bits per heavy atom. The van der Waals surface area contributed by atoms with Gasteiger partial charge in [0, 0.05) is 30.6 Å². The van der Waals surface area contributed by atoms with E-state index in [1.165, 1.54) is 41.7 Å². The lowest BCUT2D eigenvalue weighted by Crippen LogP contribution is -3.00. The van der Waals surface area contributed by atoms with Crippen molar-refractivity contribution in [2.75, 3.05) is 0 Å². The molecule has 0 spiro atoms. The smallest absolute Gasteiger partial charge is 0.0943 e. The molecule has 23 heavy (non-hydrogen) atoms. The molecule has 3 heteroatoms. The van der Waals surface area contributed by atoms with Crippen molar-refractivity contribution in [1.29, 1.82) is 0 Å². The van der Waals surface area contributed by atoms with E-state index in [1.54, 1.807) is 0 Å². The summed E-state index contributed by atoms with van der Waals surface area (Å²) in [4.78, 5) is 1.40. The number of allylic oxidation sites excluding steroid dienone is 1. The second-order valence-corrected chi connectivity index (χ2v) is 8.19. The molecular formula is C20H24BrNS. The molecule has 2 aromatic rings. The van der Waals surface area contributed by atoms with Crippen LogP contribution in [0.2, 0.25) is 0 Å². The molecule has 2 saturated heterocycles. The molecule has 2 aliphatic heterocycles. The number of halogens is 1. The Bertz CT molecular complexity index is 664.